The standard InChI is InChI=1S/C17H26N2S/c1-13(2)19-17(5,12-18)10-15(4)20-11-16-8-6-7-14(3)9-16/h6-9,13,15,19H,10-11H2,1-5H3. The molecule has 0 bridgehead atoms. The molecule has 2 unspecified atom stereocenters. The van der Waals surface area contributed by atoms with Crippen LogP contribution in [0.1, 0.15) is 45.2 Å². The molecule has 3 heteroatoms. The Balaban J connectivity index is 2.50. The van der Waals surface area contributed by atoms with Crippen molar-refractivity contribution in [2.45, 2.75) is 63.6 Å². The van der Waals surface area contributed by atoms with E-state index in [0.29, 0.717) is 11.3 Å². The first-order valence-electron chi connectivity index (χ1n) is 7.21. The van der Waals surface area contributed by atoms with Crippen molar-refractivity contribution in [3.63, 3.8) is 0 Å². The van der Waals surface area contributed by atoms with Gasteiger partial charge in [-0.1, -0.05) is 36.8 Å². The van der Waals surface area contributed by atoms with Gasteiger partial charge in [0.15, 0.2) is 0 Å². The molecule has 0 spiro atoms. The largest absolute Gasteiger partial charge is 0.297 e. The topological polar surface area (TPSA) is 35.8 Å². The molecule has 1 aromatic carbocycles. The number of hydrogen-bond acceptors (Lipinski definition) is 3. The maximum Gasteiger partial charge on any atom is 0.105 e. The quantitative estimate of drug-likeness (QED) is 0.814. The van der Waals surface area contributed by atoms with Gasteiger partial charge in [0.25, 0.3) is 0 Å². The van der Waals surface area contributed by atoms with Crippen LogP contribution >= 0.6 is 11.8 Å². The maximum atomic E-state index is 9.38. The van der Waals surface area contributed by atoms with E-state index in [0.717, 1.165) is 12.2 Å². The van der Waals surface area contributed by atoms with Crippen LogP contribution in [0.15, 0.2) is 24.3 Å². The molecular weight excluding hydrogens is 264 g/mol. The third kappa shape index (κ3) is 5.98. The van der Waals surface area contributed by atoms with Crippen LogP contribution in [0.4, 0.5) is 0 Å². The number of rotatable bonds is 7. The highest BCUT2D eigenvalue weighted by atomic mass is 32.2. The summed E-state index contributed by atoms with van der Waals surface area (Å²) in [6.45, 7) is 10.5. The van der Waals surface area contributed by atoms with Crippen LogP contribution in [0, 0.1) is 18.3 Å². The van der Waals surface area contributed by atoms with Crippen LogP contribution in [0.2, 0.25) is 0 Å². The van der Waals surface area contributed by atoms with E-state index < -0.39 is 5.54 Å². The smallest absolute Gasteiger partial charge is 0.105 e. The van der Waals surface area contributed by atoms with Gasteiger partial charge in [-0.3, -0.25) is 5.32 Å². The fraction of sp³-hybridized carbons (Fsp3) is 0.588. The lowest BCUT2D eigenvalue weighted by Gasteiger charge is -2.28. The predicted octanol–water partition coefficient (Wildman–Crippen LogP) is 4.29. The molecule has 1 N–H and O–H groups in total. The van der Waals surface area contributed by atoms with Crippen LogP contribution in [-0.2, 0) is 5.75 Å². The fourth-order valence-corrected chi connectivity index (χ4v) is 3.56. The molecule has 2 nitrogen and oxygen atoms in total. The van der Waals surface area contributed by atoms with E-state index in [2.05, 4.69) is 63.3 Å². The second kappa shape index (κ2) is 7.71. The highest BCUT2D eigenvalue weighted by Gasteiger charge is 2.26. The summed E-state index contributed by atoms with van der Waals surface area (Å²) in [7, 11) is 0. The SMILES string of the molecule is Cc1cccc(CSC(C)CC(C)(C#N)NC(C)C)c1. The minimum atomic E-state index is -0.437. The average Bonchev–Trinajstić information content (AvgIpc) is 2.35. The summed E-state index contributed by atoms with van der Waals surface area (Å²) < 4.78 is 0. The summed E-state index contributed by atoms with van der Waals surface area (Å²) in [5, 5.41) is 13.2. The van der Waals surface area contributed by atoms with Crippen LogP contribution in [-0.4, -0.2) is 16.8 Å². The zero-order valence-electron chi connectivity index (χ0n) is 13.2. The summed E-state index contributed by atoms with van der Waals surface area (Å²) in [5.74, 6) is 1.01. The molecule has 0 aliphatic rings. The third-order valence-corrected chi connectivity index (χ3v) is 4.40. The molecule has 2 atom stereocenters. The number of aryl methyl sites for hydroxylation is 1. The summed E-state index contributed by atoms with van der Waals surface area (Å²) in [6.07, 6.45) is 0.859. The van der Waals surface area contributed by atoms with Gasteiger partial charge in [-0.25, -0.2) is 0 Å². The van der Waals surface area contributed by atoms with Crippen molar-refractivity contribution in [2.75, 3.05) is 0 Å². The van der Waals surface area contributed by atoms with Crippen molar-refractivity contribution >= 4 is 11.8 Å². The third-order valence-electron chi connectivity index (χ3n) is 3.17. The maximum absolute atomic E-state index is 9.38. The van der Waals surface area contributed by atoms with Crippen molar-refractivity contribution in [2.24, 2.45) is 0 Å². The van der Waals surface area contributed by atoms with E-state index in [1.165, 1.54) is 11.1 Å². The van der Waals surface area contributed by atoms with E-state index in [-0.39, 0.29) is 0 Å². The summed E-state index contributed by atoms with van der Waals surface area (Å²) in [6, 6.07) is 11.4. The molecule has 0 fully saturated rings. The van der Waals surface area contributed by atoms with E-state index >= 15 is 0 Å². The molecular formula is C17H26N2S. The zero-order valence-corrected chi connectivity index (χ0v) is 14.1. The highest BCUT2D eigenvalue weighted by Crippen LogP contribution is 2.25. The van der Waals surface area contributed by atoms with Crippen LogP contribution in [0.25, 0.3) is 0 Å². The first-order chi connectivity index (χ1) is 9.34. The molecule has 0 saturated carbocycles. The van der Waals surface area contributed by atoms with E-state index in [4.69, 9.17) is 0 Å². The van der Waals surface area contributed by atoms with Gasteiger partial charge in [0.1, 0.15) is 5.54 Å². The molecule has 0 aliphatic heterocycles. The fourth-order valence-electron chi connectivity index (χ4n) is 2.45. The van der Waals surface area contributed by atoms with Crippen molar-refractivity contribution in [1.82, 2.24) is 5.32 Å². The van der Waals surface area contributed by atoms with Gasteiger partial charge in [-0.05, 0) is 39.7 Å². The minimum Gasteiger partial charge on any atom is -0.297 e. The molecule has 1 rings (SSSR count). The Hall–Kier alpha value is -0.980. The molecule has 1 aromatic rings. The molecule has 0 aliphatic carbocycles. The second-order valence-electron chi connectivity index (χ2n) is 6.06. The summed E-state index contributed by atoms with van der Waals surface area (Å²) in [4.78, 5) is 0. The molecule has 0 radical (unpaired) electrons. The zero-order chi connectivity index (χ0) is 15.2. The average molecular weight is 290 g/mol. The van der Waals surface area contributed by atoms with Crippen molar-refractivity contribution in [3.8, 4) is 6.07 Å². The molecule has 0 saturated heterocycles. The Bertz CT molecular complexity index is 464. The Kier molecular flexibility index (Phi) is 6.58. The number of nitrogens with zero attached hydrogens (tertiary/aromatic N) is 1. The van der Waals surface area contributed by atoms with Gasteiger partial charge in [0.05, 0.1) is 6.07 Å². The Morgan fingerprint density at radius 3 is 2.60 bits per heavy atom. The van der Waals surface area contributed by atoms with Crippen LogP contribution < -0.4 is 5.32 Å². The molecule has 110 valence electrons. The number of nitrogens with one attached hydrogen (secondary N) is 1. The number of nitriles is 1. The number of hydrogen-bond donors (Lipinski definition) is 1. The monoisotopic (exact) mass is 290 g/mol. The van der Waals surface area contributed by atoms with Crippen molar-refractivity contribution in [3.05, 3.63) is 35.4 Å². The van der Waals surface area contributed by atoms with Crippen molar-refractivity contribution < 1.29 is 0 Å². The molecule has 0 aromatic heterocycles. The lowest BCUT2D eigenvalue weighted by molar-refractivity contribution is 0.382. The van der Waals surface area contributed by atoms with E-state index in [1.807, 2.05) is 18.7 Å². The summed E-state index contributed by atoms with van der Waals surface area (Å²) >= 11 is 1.92. The van der Waals surface area contributed by atoms with Gasteiger partial charge in [-0.2, -0.15) is 17.0 Å². The predicted molar refractivity (Wildman–Crippen MR) is 88.8 cm³/mol. The van der Waals surface area contributed by atoms with E-state index in [1.54, 1.807) is 0 Å². The first kappa shape index (κ1) is 17.1. The minimum absolute atomic E-state index is 0.327. The van der Waals surface area contributed by atoms with Gasteiger partial charge in [-0.15, -0.1) is 0 Å². The highest BCUT2D eigenvalue weighted by molar-refractivity contribution is 7.99. The van der Waals surface area contributed by atoms with Crippen molar-refractivity contribution in [1.29, 1.82) is 5.26 Å². The van der Waals surface area contributed by atoms with E-state index in [9.17, 15) is 5.26 Å². The lowest BCUT2D eigenvalue weighted by Crippen LogP contribution is -2.46. The number of thioether (sulfide) groups is 1. The molecule has 0 amide bonds. The molecule has 20 heavy (non-hydrogen) atoms. The van der Waals surface area contributed by atoms with Crippen LogP contribution in [0.5, 0.6) is 0 Å². The van der Waals surface area contributed by atoms with Gasteiger partial charge >= 0.3 is 0 Å². The lowest BCUT2D eigenvalue weighted by atomic mass is 9.97. The van der Waals surface area contributed by atoms with Gasteiger partial charge in [0, 0.05) is 17.0 Å². The summed E-state index contributed by atoms with van der Waals surface area (Å²) in [5.41, 5.74) is 2.23. The number of benzene rings is 1. The Morgan fingerprint density at radius 1 is 1.35 bits per heavy atom. The Morgan fingerprint density at radius 2 is 2.05 bits per heavy atom. The van der Waals surface area contributed by atoms with Gasteiger partial charge in [0.2, 0.25) is 0 Å². The first-order valence-corrected chi connectivity index (χ1v) is 8.25. The van der Waals surface area contributed by atoms with Gasteiger partial charge < -0.3 is 0 Å². The molecule has 0 heterocycles. The normalized spacial score (nSPS) is 15.7. The Labute approximate surface area is 128 Å². The van der Waals surface area contributed by atoms with Crippen LogP contribution in [0.3, 0.4) is 0 Å². The second-order valence-corrected chi connectivity index (χ2v) is 7.48.